The summed E-state index contributed by atoms with van der Waals surface area (Å²) in [6.45, 7) is 0.399. The molecule has 0 saturated heterocycles. The summed E-state index contributed by atoms with van der Waals surface area (Å²) < 4.78 is 1.28. The molecule has 0 aliphatic rings. The van der Waals surface area contributed by atoms with Gasteiger partial charge in [0.25, 0.3) is 11.5 Å². The minimum atomic E-state index is -0.263. The van der Waals surface area contributed by atoms with E-state index in [0.29, 0.717) is 28.0 Å². The third kappa shape index (κ3) is 3.77. The van der Waals surface area contributed by atoms with E-state index in [9.17, 15) is 9.59 Å². The fourth-order valence-corrected chi connectivity index (χ4v) is 3.33. The van der Waals surface area contributed by atoms with Crippen LogP contribution >= 0.6 is 11.6 Å². The van der Waals surface area contributed by atoms with Gasteiger partial charge in [-0.2, -0.15) is 9.78 Å². The monoisotopic (exact) mass is 403 g/mol. The maximum absolute atomic E-state index is 13.2. The van der Waals surface area contributed by atoms with Crippen molar-refractivity contribution in [2.75, 3.05) is 7.05 Å². The van der Waals surface area contributed by atoms with Crippen LogP contribution in [0.3, 0.4) is 0 Å². The van der Waals surface area contributed by atoms with Crippen LogP contribution in [0.5, 0.6) is 0 Å². The van der Waals surface area contributed by atoms with Crippen LogP contribution in [0.1, 0.15) is 16.1 Å². The molecule has 6 heteroatoms. The highest BCUT2D eigenvalue weighted by molar-refractivity contribution is 6.30. The standard InChI is InChI=1S/C23H18ClN3O2/c1-26(15-16-11-13-17(24)14-12-16)23(29)21-19-9-5-6-10-20(19)22(28)27(25-21)18-7-3-2-4-8-18/h2-14H,15H2,1H3. The van der Waals surface area contributed by atoms with Crippen LogP contribution < -0.4 is 5.56 Å². The fraction of sp³-hybridized carbons (Fsp3) is 0.0870. The molecule has 5 nitrogen and oxygen atoms in total. The molecule has 3 aromatic carbocycles. The predicted molar refractivity (Wildman–Crippen MR) is 115 cm³/mol. The lowest BCUT2D eigenvalue weighted by Gasteiger charge is -2.18. The first-order valence-electron chi connectivity index (χ1n) is 9.12. The Bertz CT molecular complexity index is 1230. The van der Waals surface area contributed by atoms with Gasteiger partial charge in [0, 0.05) is 24.0 Å². The third-order valence-electron chi connectivity index (χ3n) is 4.69. The van der Waals surface area contributed by atoms with Gasteiger partial charge >= 0.3 is 0 Å². The maximum Gasteiger partial charge on any atom is 0.279 e. The van der Waals surface area contributed by atoms with E-state index in [-0.39, 0.29) is 17.2 Å². The van der Waals surface area contributed by atoms with Crippen molar-refractivity contribution >= 4 is 28.3 Å². The van der Waals surface area contributed by atoms with Crippen LogP contribution in [-0.4, -0.2) is 27.6 Å². The summed E-state index contributed by atoms with van der Waals surface area (Å²) in [5, 5.41) is 6.08. The molecule has 1 amide bonds. The third-order valence-corrected chi connectivity index (χ3v) is 4.94. The second-order valence-corrected chi connectivity index (χ2v) is 7.17. The second kappa shape index (κ2) is 7.89. The second-order valence-electron chi connectivity index (χ2n) is 6.73. The van der Waals surface area contributed by atoms with Crippen LogP contribution in [-0.2, 0) is 6.54 Å². The number of benzene rings is 3. The molecule has 29 heavy (non-hydrogen) atoms. The Hall–Kier alpha value is -3.44. The number of hydrogen-bond acceptors (Lipinski definition) is 3. The molecule has 1 aromatic heterocycles. The molecule has 0 aliphatic heterocycles. The van der Waals surface area contributed by atoms with Gasteiger partial charge in [0.15, 0.2) is 5.69 Å². The number of aromatic nitrogens is 2. The van der Waals surface area contributed by atoms with Crippen LogP contribution in [0.15, 0.2) is 83.7 Å². The summed E-state index contributed by atoms with van der Waals surface area (Å²) in [6, 6.07) is 23.5. The van der Waals surface area contributed by atoms with E-state index in [2.05, 4.69) is 5.10 Å². The summed E-state index contributed by atoms with van der Waals surface area (Å²) in [7, 11) is 1.71. The number of halogens is 1. The first kappa shape index (κ1) is 18.9. The summed E-state index contributed by atoms with van der Waals surface area (Å²) in [4.78, 5) is 27.8. The van der Waals surface area contributed by atoms with Crippen molar-refractivity contribution in [3.05, 3.63) is 105 Å². The van der Waals surface area contributed by atoms with E-state index in [1.807, 2.05) is 30.3 Å². The van der Waals surface area contributed by atoms with Crippen molar-refractivity contribution in [3.8, 4) is 5.69 Å². The molecule has 0 fully saturated rings. The molecule has 4 aromatic rings. The van der Waals surface area contributed by atoms with Gasteiger partial charge < -0.3 is 4.90 Å². The zero-order valence-corrected chi connectivity index (χ0v) is 16.5. The van der Waals surface area contributed by atoms with Crippen molar-refractivity contribution in [2.24, 2.45) is 0 Å². The topological polar surface area (TPSA) is 55.2 Å². The number of hydrogen-bond donors (Lipinski definition) is 0. The number of carbonyl (C=O) groups excluding carboxylic acids is 1. The van der Waals surface area contributed by atoms with Crippen LogP contribution in [0, 0.1) is 0 Å². The van der Waals surface area contributed by atoms with Gasteiger partial charge in [-0.15, -0.1) is 0 Å². The summed E-state index contributed by atoms with van der Waals surface area (Å²) >= 11 is 5.94. The summed E-state index contributed by atoms with van der Waals surface area (Å²) in [5.74, 6) is -0.263. The van der Waals surface area contributed by atoms with Gasteiger partial charge in [-0.25, -0.2) is 0 Å². The van der Waals surface area contributed by atoms with Crippen molar-refractivity contribution < 1.29 is 4.79 Å². The zero-order chi connectivity index (χ0) is 20.4. The van der Waals surface area contributed by atoms with E-state index < -0.39 is 0 Å². The molecule has 0 radical (unpaired) electrons. The van der Waals surface area contributed by atoms with Crippen molar-refractivity contribution in [3.63, 3.8) is 0 Å². The van der Waals surface area contributed by atoms with Crippen LogP contribution in [0.2, 0.25) is 5.02 Å². The Morgan fingerprint density at radius 1 is 0.931 bits per heavy atom. The van der Waals surface area contributed by atoms with Gasteiger partial charge in [-0.1, -0.05) is 60.1 Å². The molecule has 0 bridgehead atoms. The first-order chi connectivity index (χ1) is 14.0. The van der Waals surface area contributed by atoms with E-state index in [1.165, 1.54) is 4.68 Å². The molecular formula is C23H18ClN3O2. The highest BCUT2D eigenvalue weighted by atomic mass is 35.5. The molecule has 0 N–H and O–H groups in total. The van der Waals surface area contributed by atoms with Crippen LogP contribution in [0.4, 0.5) is 0 Å². The predicted octanol–water partition coefficient (Wildman–Crippen LogP) is 4.31. The van der Waals surface area contributed by atoms with E-state index in [1.54, 1.807) is 60.5 Å². The van der Waals surface area contributed by atoms with Crippen LogP contribution in [0.25, 0.3) is 16.5 Å². The first-order valence-corrected chi connectivity index (χ1v) is 9.50. The fourth-order valence-electron chi connectivity index (χ4n) is 3.21. The molecule has 0 spiro atoms. The lowest BCUT2D eigenvalue weighted by atomic mass is 10.1. The molecule has 0 aliphatic carbocycles. The average molecular weight is 404 g/mol. The zero-order valence-electron chi connectivity index (χ0n) is 15.7. The van der Waals surface area contributed by atoms with E-state index in [4.69, 9.17) is 11.6 Å². The van der Waals surface area contributed by atoms with E-state index >= 15 is 0 Å². The van der Waals surface area contributed by atoms with Gasteiger partial charge in [-0.3, -0.25) is 9.59 Å². The van der Waals surface area contributed by atoms with Gasteiger partial charge in [0.1, 0.15) is 0 Å². The molecular weight excluding hydrogens is 386 g/mol. The number of nitrogens with zero attached hydrogens (tertiary/aromatic N) is 3. The van der Waals surface area contributed by atoms with Crippen molar-refractivity contribution in [1.82, 2.24) is 14.7 Å². The Morgan fingerprint density at radius 3 is 2.24 bits per heavy atom. The summed E-state index contributed by atoms with van der Waals surface area (Å²) in [5.41, 5.74) is 1.54. The molecule has 144 valence electrons. The van der Waals surface area contributed by atoms with Crippen molar-refractivity contribution in [2.45, 2.75) is 6.54 Å². The van der Waals surface area contributed by atoms with Gasteiger partial charge in [-0.05, 0) is 35.9 Å². The lowest BCUT2D eigenvalue weighted by molar-refractivity contribution is 0.0779. The lowest BCUT2D eigenvalue weighted by Crippen LogP contribution is -2.31. The van der Waals surface area contributed by atoms with Gasteiger partial charge in [0.2, 0.25) is 0 Å². The Balaban J connectivity index is 1.79. The molecule has 0 unspecified atom stereocenters. The summed E-state index contributed by atoms with van der Waals surface area (Å²) in [6.07, 6.45) is 0. The number of fused-ring (bicyclic) bond motifs is 1. The highest BCUT2D eigenvalue weighted by Gasteiger charge is 2.20. The highest BCUT2D eigenvalue weighted by Crippen LogP contribution is 2.18. The minimum absolute atomic E-state index is 0.237. The van der Waals surface area contributed by atoms with E-state index in [0.717, 1.165) is 5.56 Å². The number of para-hydroxylation sites is 1. The van der Waals surface area contributed by atoms with Gasteiger partial charge in [0.05, 0.1) is 11.1 Å². The Labute approximate surface area is 172 Å². The molecule has 4 rings (SSSR count). The normalized spacial score (nSPS) is 10.8. The average Bonchev–Trinajstić information content (AvgIpc) is 2.76. The molecule has 1 heterocycles. The molecule has 0 atom stereocenters. The maximum atomic E-state index is 13.2. The minimum Gasteiger partial charge on any atom is -0.336 e. The largest absolute Gasteiger partial charge is 0.336 e. The number of carbonyl (C=O) groups is 1. The SMILES string of the molecule is CN(Cc1ccc(Cl)cc1)C(=O)c1nn(-c2ccccc2)c(=O)c2ccccc12. The number of rotatable bonds is 4. The smallest absolute Gasteiger partial charge is 0.279 e. The Morgan fingerprint density at radius 2 is 1.55 bits per heavy atom. The molecule has 0 saturated carbocycles. The quantitative estimate of drug-likeness (QED) is 0.510. The van der Waals surface area contributed by atoms with Crippen molar-refractivity contribution in [1.29, 1.82) is 0 Å². The number of amides is 1. The Kier molecular flexibility index (Phi) is 5.14.